The number of anilines is 2. The van der Waals surface area contributed by atoms with E-state index in [4.69, 9.17) is 0 Å². The van der Waals surface area contributed by atoms with Crippen molar-refractivity contribution in [1.29, 1.82) is 0 Å². The van der Waals surface area contributed by atoms with Crippen molar-refractivity contribution in [1.82, 2.24) is 10.3 Å². The summed E-state index contributed by atoms with van der Waals surface area (Å²) >= 11 is 0. The van der Waals surface area contributed by atoms with Crippen molar-refractivity contribution in [3.05, 3.63) is 18.3 Å². The molecule has 1 aliphatic heterocycles. The third kappa shape index (κ3) is 2.55. The summed E-state index contributed by atoms with van der Waals surface area (Å²) < 4.78 is 0. The number of aromatic nitrogens is 1. The number of nitrogens with one attached hydrogen (secondary N) is 2. The Morgan fingerprint density at radius 3 is 3.00 bits per heavy atom. The van der Waals surface area contributed by atoms with Crippen LogP contribution in [0.5, 0.6) is 0 Å². The van der Waals surface area contributed by atoms with Crippen molar-refractivity contribution in [2.75, 3.05) is 30.9 Å². The topological polar surface area (TPSA) is 57.3 Å². The normalized spacial score (nSPS) is 19.4. The second kappa shape index (κ2) is 5.71. The number of pyridine rings is 1. The molecule has 1 atom stereocenters. The van der Waals surface area contributed by atoms with Crippen molar-refractivity contribution in [2.24, 2.45) is 0 Å². The zero-order valence-corrected chi connectivity index (χ0v) is 10.9. The maximum absolute atomic E-state index is 11.9. The molecule has 2 heterocycles. The molecular weight excluding hydrogens is 228 g/mol. The second-order valence-electron chi connectivity index (χ2n) is 4.47. The highest BCUT2D eigenvalue weighted by Gasteiger charge is 2.28. The smallest absolute Gasteiger partial charge is 0.242 e. The second-order valence-corrected chi connectivity index (χ2v) is 4.47. The van der Waals surface area contributed by atoms with Gasteiger partial charge in [-0.2, -0.15) is 0 Å². The van der Waals surface area contributed by atoms with E-state index < -0.39 is 0 Å². The van der Waals surface area contributed by atoms with Crippen LogP contribution < -0.4 is 15.5 Å². The molecule has 1 unspecified atom stereocenters. The van der Waals surface area contributed by atoms with E-state index in [1.54, 1.807) is 13.2 Å². The van der Waals surface area contributed by atoms with E-state index in [1.165, 1.54) is 0 Å². The van der Waals surface area contributed by atoms with Gasteiger partial charge in [0, 0.05) is 38.6 Å². The lowest BCUT2D eigenvalue weighted by Gasteiger charge is -2.36. The molecule has 0 saturated carbocycles. The van der Waals surface area contributed by atoms with Crippen molar-refractivity contribution in [3.8, 4) is 0 Å². The van der Waals surface area contributed by atoms with Crippen molar-refractivity contribution in [3.63, 3.8) is 0 Å². The van der Waals surface area contributed by atoms with Crippen LogP contribution in [0.4, 0.5) is 11.5 Å². The minimum atomic E-state index is -0.0594. The van der Waals surface area contributed by atoms with Crippen LogP contribution in [-0.4, -0.2) is 37.6 Å². The lowest BCUT2D eigenvalue weighted by atomic mass is 10.0. The molecule has 98 valence electrons. The number of likely N-dealkylation sites (N-methyl/N-ethyl adjacent to an activating group) is 1. The first kappa shape index (κ1) is 12.7. The first-order chi connectivity index (χ1) is 8.76. The number of hydrogen-bond acceptors (Lipinski definition) is 4. The van der Waals surface area contributed by atoms with Gasteiger partial charge in [0.25, 0.3) is 0 Å². The average molecular weight is 248 g/mol. The van der Waals surface area contributed by atoms with Gasteiger partial charge in [-0.15, -0.1) is 0 Å². The Bertz CT molecular complexity index is 421. The number of amides is 1. The van der Waals surface area contributed by atoms with Gasteiger partial charge in [0.05, 0.1) is 0 Å². The summed E-state index contributed by atoms with van der Waals surface area (Å²) in [7, 11) is 3.54. The molecule has 2 N–H and O–H groups in total. The molecule has 0 radical (unpaired) electrons. The van der Waals surface area contributed by atoms with Gasteiger partial charge >= 0.3 is 0 Å². The average Bonchev–Trinajstić information content (AvgIpc) is 2.46. The molecule has 2 rings (SSSR count). The van der Waals surface area contributed by atoms with E-state index in [2.05, 4.69) is 20.5 Å². The zero-order valence-electron chi connectivity index (χ0n) is 10.9. The SMILES string of the molecule is CNC(=O)C1CCCCN1c1ccnc(NC)c1. The van der Waals surface area contributed by atoms with Gasteiger partial charge in [-0.25, -0.2) is 4.98 Å². The Hall–Kier alpha value is -1.78. The van der Waals surface area contributed by atoms with Crippen molar-refractivity contribution >= 4 is 17.4 Å². The van der Waals surface area contributed by atoms with Crippen LogP contribution >= 0.6 is 0 Å². The van der Waals surface area contributed by atoms with Crippen LogP contribution in [0.1, 0.15) is 19.3 Å². The Labute approximate surface area is 108 Å². The predicted molar refractivity (Wildman–Crippen MR) is 72.8 cm³/mol. The number of carbonyl (C=O) groups is 1. The summed E-state index contributed by atoms with van der Waals surface area (Å²) in [4.78, 5) is 18.3. The number of carbonyl (C=O) groups excluding carboxylic acids is 1. The van der Waals surface area contributed by atoms with Crippen LogP contribution in [0.15, 0.2) is 18.3 Å². The molecule has 0 spiro atoms. The van der Waals surface area contributed by atoms with E-state index in [1.807, 2.05) is 19.2 Å². The quantitative estimate of drug-likeness (QED) is 0.844. The third-order valence-electron chi connectivity index (χ3n) is 3.38. The summed E-state index contributed by atoms with van der Waals surface area (Å²) in [6.07, 6.45) is 4.93. The van der Waals surface area contributed by atoms with Crippen LogP contribution in [0.25, 0.3) is 0 Å². The Balaban J connectivity index is 2.24. The van der Waals surface area contributed by atoms with Gasteiger partial charge < -0.3 is 15.5 Å². The molecule has 0 aromatic carbocycles. The van der Waals surface area contributed by atoms with Gasteiger partial charge in [0.15, 0.2) is 0 Å². The first-order valence-electron chi connectivity index (χ1n) is 6.38. The molecule has 1 amide bonds. The Morgan fingerprint density at radius 1 is 1.44 bits per heavy atom. The first-order valence-corrected chi connectivity index (χ1v) is 6.38. The molecular formula is C13H20N4O. The molecule has 1 fully saturated rings. The van der Waals surface area contributed by atoms with Crippen LogP contribution in [-0.2, 0) is 4.79 Å². The fourth-order valence-corrected chi connectivity index (χ4v) is 2.41. The molecule has 0 aliphatic carbocycles. The van der Waals surface area contributed by atoms with Crippen LogP contribution in [0.3, 0.4) is 0 Å². The standard InChI is InChI=1S/C13H20N4O/c1-14-12-9-10(6-7-16-12)17-8-4-3-5-11(17)13(18)15-2/h6-7,9,11H,3-5,8H2,1-2H3,(H,14,16)(H,15,18). The van der Waals surface area contributed by atoms with Crippen LogP contribution in [0, 0.1) is 0 Å². The van der Waals surface area contributed by atoms with E-state index in [-0.39, 0.29) is 11.9 Å². The zero-order chi connectivity index (χ0) is 13.0. The monoisotopic (exact) mass is 248 g/mol. The Kier molecular flexibility index (Phi) is 4.02. The molecule has 5 heteroatoms. The van der Waals surface area contributed by atoms with Gasteiger partial charge in [-0.05, 0) is 25.3 Å². The minimum Gasteiger partial charge on any atom is -0.373 e. The van der Waals surface area contributed by atoms with Gasteiger partial charge in [0.1, 0.15) is 11.9 Å². The molecule has 1 saturated heterocycles. The van der Waals surface area contributed by atoms with E-state index in [0.29, 0.717) is 0 Å². The van der Waals surface area contributed by atoms with Crippen LogP contribution in [0.2, 0.25) is 0 Å². The maximum Gasteiger partial charge on any atom is 0.242 e. The maximum atomic E-state index is 11.9. The molecule has 1 aromatic rings. The summed E-state index contributed by atoms with van der Waals surface area (Å²) in [5.74, 6) is 0.922. The summed E-state index contributed by atoms with van der Waals surface area (Å²) in [6, 6.07) is 3.89. The summed E-state index contributed by atoms with van der Waals surface area (Å²) in [5, 5.41) is 5.78. The van der Waals surface area contributed by atoms with E-state index in [9.17, 15) is 4.79 Å². The molecule has 18 heavy (non-hydrogen) atoms. The molecule has 5 nitrogen and oxygen atoms in total. The minimum absolute atomic E-state index is 0.0594. The molecule has 1 aromatic heterocycles. The van der Waals surface area contributed by atoms with Gasteiger partial charge in [0.2, 0.25) is 5.91 Å². The number of nitrogens with zero attached hydrogens (tertiary/aromatic N) is 2. The number of rotatable bonds is 3. The van der Waals surface area contributed by atoms with E-state index in [0.717, 1.165) is 37.3 Å². The summed E-state index contributed by atoms with van der Waals surface area (Å²) in [5.41, 5.74) is 1.06. The number of hydrogen-bond donors (Lipinski definition) is 2. The molecule has 1 aliphatic rings. The van der Waals surface area contributed by atoms with Crippen molar-refractivity contribution in [2.45, 2.75) is 25.3 Å². The highest BCUT2D eigenvalue weighted by Crippen LogP contribution is 2.26. The molecule has 0 bridgehead atoms. The fourth-order valence-electron chi connectivity index (χ4n) is 2.41. The van der Waals surface area contributed by atoms with Gasteiger partial charge in [-0.1, -0.05) is 0 Å². The van der Waals surface area contributed by atoms with Crippen molar-refractivity contribution < 1.29 is 4.79 Å². The summed E-state index contributed by atoms with van der Waals surface area (Å²) in [6.45, 7) is 0.922. The fraction of sp³-hybridized carbons (Fsp3) is 0.538. The number of piperidine rings is 1. The van der Waals surface area contributed by atoms with E-state index >= 15 is 0 Å². The van der Waals surface area contributed by atoms with Gasteiger partial charge in [-0.3, -0.25) is 4.79 Å². The highest BCUT2D eigenvalue weighted by molar-refractivity contribution is 5.85. The largest absolute Gasteiger partial charge is 0.373 e. The lowest BCUT2D eigenvalue weighted by molar-refractivity contribution is -0.122. The highest BCUT2D eigenvalue weighted by atomic mass is 16.2. The lowest BCUT2D eigenvalue weighted by Crippen LogP contribution is -2.48. The predicted octanol–water partition coefficient (Wildman–Crippen LogP) is 1.23. The third-order valence-corrected chi connectivity index (χ3v) is 3.38. The Morgan fingerprint density at radius 2 is 2.28 bits per heavy atom.